The minimum atomic E-state index is -1.65. The fourth-order valence-electron chi connectivity index (χ4n) is 1.78. The summed E-state index contributed by atoms with van der Waals surface area (Å²) >= 11 is 0. The molecule has 0 bridgehead atoms. The van der Waals surface area contributed by atoms with E-state index in [-0.39, 0.29) is 12.1 Å². The smallest absolute Gasteiger partial charge is 0.313 e. The van der Waals surface area contributed by atoms with Crippen molar-refractivity contribution in [2.45, 2.75) is 65.8 Å². The highest BCUT2D eigenvalue weighted by atomic mass is 28.4. The quantitative estimate of drug-likeness (QED) is 0.518. The number of carbonyl (C=O) groups excluding carboxylic acids is 1. The molecule has 0 aromatic carbocycles. The van der Waals surface area contributed by atoms with E-state index in [0.29, 0.717) is 0 Å². The molecule has 0 radical (unpaired) electrons. The number of carbonyl (C=O) groups is 1. The molecule has 0 aliphatic carbocycles. The molecule has 0 amide bonds. The van der Waals surface area contributed by atoms with Gasteiger partial charge in [0.05, 0.1) is 18.6 Å². The van der Waals surface area contributed by atoms with E-state index in [4.69, 9.17) is 9.16 Å². The first kappa shape index (κ1) is 16.6. The van der Waals surface area contributed by atoms with Crippen LogP contribution in [0.5, 0.6) is 0 Å². The van der Waals surface area contributed by atoms with Crippen molar-refractivity contribution < 1.29 is 14.0 Å². The molecule has 0 aromatic rings. The fourth-order valence-corrected chi connectivity index (χ4v) is 3.04. The summed E-state index contributed by atoms with van der Waals surface area (Å²) in [5.41, 5.74) is -0.565. The molecule has 0 heterocycles. The maximum atomic E-state index is 11.8. The Kier molecular flexibility index (Phi) is 6.41. The SMILES string of the molecule is CCCCC(O[Si](C)(C)C)C(C)(C)C(=O)OC. The molecule has 3 nitrogen and oxygen atoms in total. The van der Waals surface area contributed by atoms with E-state index in [9.17, 15) is 4.79 Å². The van der Waals surface area contributed by atoms with Crippen LogP contribution < -0.4 is 0 Å². The van der Waals surface area contributed by atoms with Crippen LogP contribution in [0.1, 0.15) is 40.0 Å². The zero-order valence-electron chi connectivity index (χ0n) is 12.4. The highest BCUT2D eigenvalue weighted by Gasteiger charge is 2.40. The maximum absolute atomic E-state index is 11.8. The molecule has 0 saturated heterocycles. The lowest BCUT2D eigenvalue weighted by Crippen LogP contribution is -2.45. The molecule has 0 aromatic heterocycles. The number of rotatable bonds is 7. The summed E-state index contributed by atoms with van der Waals surface area (Å²) < 4.78 is 11.1. The van der Waals surface area contributed by atoms with E-state index < -0.39 is 13.7 Å². The molecule has 1 unspecified atom stereocenters. The third-order valence-corrected chi connectivity index (χ3v) is 3.82. The van der Waals surface area contributed by atoms with Crippen molar-refractivity contribution in [1.82, 2.24) is 0 Å². The first-order chi connectivity index (χ1) is 7.65. The molecular formula is C13H28O3Si. The molecule has 0 spiro atoms. The summed E-state index contributed by atoms with van der Waals surface area (Å²) in [6.07, 6.45) is 3.07. The molecule has 0 aliphatic heterocycles. The summed E-state index contributed by atoms with van der Waals surface area (Å²) in [7, 11) is -0.207. The van der Waals surface area contributed by atoms with Crippen LogP contribution in [0.25, 0.3) is 0 Å². The van der Waals surface area contributed by atoms with Crippen LogP contribution in [0.2, 0.25) is 19.6 Å². The molecule has 4 heteroatoms. The normalized spacial score (nSPS) is 14.5. The van der Waals surface area contributed by atoms with Crippen LogP contribution >= 0.6 is 0 Å². The highest BCUT2D eigenvalue weighted by molar-refractivity contribution is 6.69. The average Bonchev–Trinajstić information content (AvgIpc) is 2.21. The van der Waals surface area contributed by atoms with Gasteiger partial charge in [0.15, 0.2) is 8.32 Å². The van der Waals surface area contributed by atoms with Crippen molar-refractivity contribution in [3.8, 4) is 0 Å². The number of esters is 1. The van der Waals surface area contributed by atoms with E-state index in [1.165, 1.54) is 7.11 Å². The van der Waals surface area contributed by atoms with Gasteiger partial charge in [0.1, 0.15) is 0 Å². The molecule has 0 aliphatic rings. The minimum absolute atomic E-state index is 0.0402. The van der Waals surface area contributed by atoms with Crippen LogP contribution in [0.15, 0.2) is 0 Å². The Hall–Kier alpha value is -0.353. The van der Waals surface area contributed by atoms with Crippen molar-refractivity contribution in [2.75, 3.05) is 7.11 Å². The summed E-state index contributed by atoms with van der Waals surface area (Å²) in [5, 5.41) is 0. The van der Waals surface area contributed by atoms with Gasteiger partial charge in [-0.1, -0.05) is 19.8 Å². The van der Waals surface area contributed by atoms with Gasteiger partial charge in [-0.05, 0) is 39.9 Å². The van der Waals surface area contributed by atoms with E-state index in [2.05, 4.69) is 26.6 Å². The van der Waals surface area contributed by atoms with Crippen molar-refractivity contribution >= 4 is 14.3 Å². The Balaban J connectivity index is 4.83. The van der Waals surface area contributed by atoms with Crippen LogP contribution in [-0.4, -0.2) is 27.5 Å². The molecule has 1 atom stereocenters. The largest absolute Gasteiger partial charge is 0.469 e. The summed E-state index contributed by atoms with van der Waals surface area (Å²) in [4.78, 5) is 11.8. The van der Waals surface area contributed by atoms with Gasteiger partial charge < -0.3 is 9.16 Å². The van der Waals surface area contributed by atoms with Gasteiger partial charge in [-0.15, -0.1) is 0 Å². The monoisotopic (exact) mass is 260 g/mol. The lowest BCUT2D eigenvalue weighted by Gasteiger charge is -2.36. The third kappa shape index (κ3) is 5.68. The summed E-state index contributed by atoms with van der Waals surface area (Å²) in [6.45, 7) is 12.4. The van der Waals surface area contributed by atoms with E-state index in [1.54, 1.807) is 0 Å². The average molecular weight is 260 g/mol. The molecule has 0 saturated carbocycles. The molecule has 17 heavy (non-hydrogen) atoms. The second-order valence-corrected chi connectivity index (χ2v) is 10.5. The van der Waals surface area contributed by atoms with Crippen molar-refractivity contribution in [3.05, 3.63) is 0 Å². The van der Waals surface area contributed by atoms with Crippen LogP contribution in [0, 0.1) is 5.41 Å². The van der Waals surface area contributed by atoms with Gasteiger partial charge >= 0.3 is 5.97 Å². The Labute approximate surface area is 107 Å². The Morgan fingerprint density at radius 1 is 1.29 bits per heavy atom. The van der Waals surface area contributed by atoms with Gasteiger partial charge in [0, 0.05) is 0 Å². The van der Waals surface area contributed by atoms with Gasteiger partial charge in [0.2, 0.25) is 0 Å². The Morgan fingerprint density at radius 2 is 1.82 bits per heavy atom. The number of unbranched alkanes of at least 4 members (excludes halogenated alkanes) is 1. The van der Waals surface area contributed by atoms with E-state index in [0.717, 1.165) is 19.3 Å². The highest BCUT2D eigenvalue weighted by Crippen LogP contribution is 2.31. The molecule has 0 rings (SSSR count). The zero-order chi connectivity index (χ0) is 13.7. The number of ether oxygens (including phenoxy) is 1. The van der Waals surface area contributed by atoms with Crippen molar-refractivity contribution in [1.29, 1.82) is 0 Å². The van der Waals surface area contributed by atoms with Gasteiger partial charge in [-0.3, -0.25) is 4.79 Å². The second kappa shape index (κ2) is 6.54. The van der Waals surface area contributed by atoms with Crippen LogP contribution in [-0.2, 0) is 14.0 Å². The number of hydrogen-bond donors (Lipinski definition) is 0. The maximum Gasteiger partial charge on any atom is 0.313 e. The summed E-state index contributed by atoms with van der Waals surface area (Å²) in [5.74, 6) is -0.183. The van der Waals surface area contributed by atoms with Gasteiger partial charge in [0.25, 0.3) is 0 Å². The van der Waals surface area contributed by atoms with Crippen molar-refractivity contribution in [3.63, 3.8) is 0 Å². The molecule has 102 valence electrons. The number of hydrogen-bond acceptors (Lipinski definition) is 3. The van der Waals surface area contributed by atoms with Crippen LogP contribution in [0.3, 0.4) is 0 Å². The predicted molar refractivity (Wildman–Crippen MR) is 73.5 cm³/mol. The third-order valence-electron chi connectivity index (χ3n) is 2.83. The molecular weight excluding hydrogens is 232 g/mol. The Bertz CT molecular complexity index is 244. The zero-order valence-corrected chi connectivity index (χ0v) is 13.4. The van der Waals surface area contributed by atoms with Crippen LogP contribution in [0.4, 0.5) is 0 Å². The fraction of sp³-hybridized carbons (Fsp3) is 0.923. The van der Waals surface area contributed by atoms with Gasteiger partial charge in [-0.2, -0.15) is 0 Å². The number of methoxy groups -OCH3 is 1. The standard InChI is InChI=1S/C13H28O3Si/c1-8-9-10-11(16-17(5,6)7)13(2,3)12(14)15-4/h11H,8-10H2,1-7H3. The van der Waals surface area contributed by atoms with Gasteiger partial charge in [-0.25, -0.2) is 0 Å². The Morgan fingerprint density at radius 3 is 2.18 bits per heavy atom. The lowest BCUT2D eigenvalue weighted by molar-refractivity contribution is -0.156. The lowest BCUT2D eigenvalue weighted by atomic mass is 9.84. The minimum Gasteiger partial charge on any atom is -0.469 e. The van der Waals surface area contributed by atoms with E-state index >= 15 is 0 Å². The first-order valence-electron chi connectivity index (χ1n) is 6.41. The molecule has 0 fully saturated rings. The summed E-state index contributed by atoms with van der Waals surface area (Å²) in [6, 6.07) is 0. The second-order valence-electron chi connectivity index (χ2n) is 6.07. The topological polar surface area (TPSA) is 35.5 Å². The molecule has 0 N–H and O–H groups in total. The predicted octanol–water partition coefficient (Wildman–Crippen LogP) is 3.60. The van der Waals surface area contributed by atoms with E-state index in [1.807, 2.05) is 13.8 Å². The first-order valence-corrected chi connectivity index (χ1v) is 9.82. The van der Waals surface area contributed by atoms with Crippen molar-refractivity contribution in [2.24, 2.45) is 5.41 Å².